The van der Waals surface area contributed by atoms with Crippen LogP contribution in [-0.2, 0) is 6.54 Å². The molecule has 3 rings (SSSR count). The Morgan fingerprint density at radius 1 is 1.04 bits per heavy atom. The quantitative estimate of drug-likeness (QED) is 0.664. The van der Waals surface area contributed by atoms with Gasteiger partial charge in [0.15, 0.2) is 0 Å². The molecule has 8 nitrogen and oxygen atoms in total. The van der Waals surface area contributed by atoms with Crippen molar-refractivity contribution < 1.29 is 14.3 Å². The fraction of sp³-hybridized carbons (Fsp3) is 0.158. The van der Waals surface area contributed by atoms with Crippen LogP contribution in [0.5, 0.6) is 11.5 Å². The summed E-state index contributed by atoms with van der Waals surface area (Å²) in [5.41, 5.74) is 1.87. The highest BCUT2D eigenvalue weighted by Gasteiger charge is 2.11. The Labute approximate surface area is 156 Å². The number of pyridine rings is 1. The number of anilines is 2. The number of rotatable bonds is 7. The van der Waals surface area contributed by atoms with Crippen LogP contribution in [0, 0.1) is 0 Å². The zero-order valence-corrected chi connectivity index (χ0v) is 15.0. The van der Waals surface area contributed by atoms with Crippen LogP contribution in [0.15, 0.2) is 55.1 Å². The van der Waals surface area contributed by atoms with Crippen molar-refractivity contribution in [2.75, 3.05) is 19.5 Å². The molecule has 2 aromatic heterocycles. The van der Waals surface area contributed by atoms with E-state index < -0.39 is 0 Å². The number of nitrogens with one attached hydrogen (secondary N) is 2. The molecule has 0 aliphatic heterocycles. The largest absolute Gasteiger partial charge is 0.497 e. The van der Waals surface area contributed by atoms with E-state index in [1.165, 1.54) is 6.33 Å². The van der Waals surface area contributed by atoms with Crippen molar-refractivity contribution in [2.45, 2.75) is 6.54 Å². The van der Waals surface area contributed by atoms with E-state index in [1.54, 1.807) is 50.9 Å². The van der Waals surface area contributed by atoms with Gasteiger partial charge < -0.3 is 20.1 Å². The Kier molecular flexibility index (Phi) is 5.78. The third kappa shape index (κ3) is 4.69. The van der Waals surface area contributed by atoms with Crippen LogP contribution < -0.4 is 20.1 Å². The van der Waals surface area contributed by atoms with Gasteiger partial charge in [0.2, 0.25) is 0 Å². The molecule has 0 saturated carbocycles. The Morgan fingerprint density at radius 3 is 2.59 bits per heavy atom. The van der Waals surface area contributed by atoms with Crippen molar-refractivity contribution in [1.82, 2.24) is 20.3 Å². The number of carbonyl (C=O) groups is 1. The minimum Gasteiger partial charge on any atom is -0.497 e. The third-order valence-electron chi connectivity index (χ3n) is 3.77. The molecule has 0 aliphatic rings. The number of benzene rings is 1. The Hall–Kier alpha value is -3.68. The maximum Gasteiger partial charge on any atom is 0.270 e. The molecule has 27 heavy (non-hydrogen) atoms. The summed E-state index contributed by atoms with van der Waals surface area (Å²) in [5.74, 6) is 1.46. The van der Waals surface area contributed by atoms with Crippen molar-refractivity contribution in [2.24, 2.45) is 0 Å². The molecule has 3 aromatic rings. The number of hydrogen-bond acceptors (Lipinski definition) is 7. The van der Waals surface area contributed by atoms with Crippen molar-refractivity contribution in [1.29, 1.82) is 0 Å². The number of aromatic nitrogens is 3. The number of nitrogens with zero attached hydrogens (tertiary/aromatic N) is 3. The van der Waals surface area contributed by atoms with E-state index in [-0.39, 0.29) is 11.6 Å². The molecule has 0 aliphatic carbocycles. The first kappa shape index (κ1) is 18.1. The van der Waals surface area contributed by atoms with Gasteiger partial charge in [-0.2, -0.15) is 0 Å². The number of methoxy groups -OCH3 is 2. The predicted octanol–water partition coefficient (Wildman–Crippen LogP) is 2.56. The molecule has 1 amide bonds. The van der Waals surface area contributed by atoms with E-state index in [2.05, 4.69) is 25.6 Å². The first-order chi connectivity index (χ1) is 13.2. The first-order valence-electron chi connectivity index (χ1n) is 8.18. The molecular weight excluding hydrogens is 346 g/mol. The van der Waals surface area contributed by atoms with Crippen molar-refractivity contribution >= 4 is 17.4 Å². The molecule has 0 bridgehead atoms. The first-order valence-corrected chi connectivity index (χ1v) is 8.18. The van der Waals surface area contributed by atoms with E-state index >= 15 is 0 Å². The van der Waals surface area contributed by atoms with E-state index in [4.69, 9.17) is 9.47 Å². The average molecular weight is 365 g/mol. The van der Waals surface area contributed by atoms with E-state index in [0.717, 1.165) is 5.56 Å². The van der Waals surface area contributed by atoms with Gasteiger partial charge in [0, 0.05) is 31.1 Å². The minimum absolute atomic E-state index is 0.253. The summed E-state index contributed by atoms with van der Waals surface area (Å²) in [6, 6.07) is 10.6. The van der Waals surface area contributed by atoms with Crippen molar-refractivity contribution in [3.05, 3.63) is 66.4 Å². The van der Waals surface area contributed by atoms with E-state index in [9.17, 15) is 4.79 Å². The summed E-state index contributed by atoms with van der Waals surface area (Å²) in [6.07, 6.45) is 4.68. The molecule has 2 heterocycles. The highest BCUT2D eigenvalue weighted by Crippen LogP contribution is 2.30. The van der Waals surface area contributed by atoms with Gasteiger partial charge in [-0.05, 0) is 29.8 Å². The second-order valence-electron chi connectivity index (χ2n) is 5.52. The van der Waals surface area contributed by atoms with Crippen LogP contribution >= 0.6 is 0 Å². The maximum atomic E-state index is 12.4. The summed E-state index contributed by atoms with van der Waals surface area (Å²) in [4.78, 5) is 24.5. The van der Waals surface area contributed by atoms with Crippen molar-refractivity contribution in [3.63, 3.8) is 0 Å². The zero-order chi connectivity index (χ0) is 19.1. The normalized spacial score (nSPS) is 10.1. The summed E-state index contributed by atoms with van der Waals surface area (Å²) in [5, 5.41) is 5.94. The fourth-order valence-corrected chi connectivity index (χ4v) is 2.37. The smallest absolute Gasteiger partial charge is 0.270 e. The molecule has 2 N–H and O–H groups in total. The molecule has 0 radical (unpaired) electrons. The number of carbonyl (C=O) groups excluding carboxylic acids is 1. The molecule has 138 valence electrons. The lowest BCUT2D eigenvalue weighted by molar-refractivity contribution is 0.0946. The molecule has 0 atom stereocenters. The summed E-state index contributed by atoms with van der Waals surface area (Å²) in [6.45, 7) is 0.387. The average Bonchev–Trinajstić information content (AvgIpc) is 2.73. The van der Waals surface area contributed by atoms with Crippen LogP contribution in [0.3, 0.4) is 0 Å². The Balaban J connectivity index is 1.73. The molecule has 1 aromatic carbocycles. The molecule has 0 unspecified atom stereocenters. The van der Waals surface area contributed by atoms with Gasteiger partial charge in [-0.3, -0.25) is 9.78 Å². The lowest BCUT2D eigenvalue weighted by Gasteiger charge is -2.12. The van der Waals surface area contributed by atoms with Crippen LogP contribution in [-0.4, -0.2) is 35.1 Å². The summed E-state index contributed by atoms with van der Waals surface area (Å²) >= 11 is 0. The van der Waals surface area contributed by atoms with E-state index in [1.807, 2.05) is 12.1 Å². The third-order valence-corrected chi connectivity index (χ3v) is 3.77. The van der Waals surface area contributed by atoms with Gasteiger partial charge in [-0.1, -0.05) is 0 Å². The molecule has 0 spiro atoms. The SMILES string of the molecule is COc1ccc(OC)c(Nc2cc(C(=O)NCc3ccncc3)ncn2)c1. The highest BCUT2D eigenvalue weighted by atomic mass is 16.5. The fourth-order valence-electron chi connectivity index (χ4n) is 2.37. The van der Waals surface area contributed by atoms with Gasteiger partial charge in [-0.25, -0.2) is 9.97 Å². The standard InChI is InChI=1S/C19H19N5O3/c1-26-14-3-4-17(27-2)15(9-14)24-18-10-16(22-12-23-18)19(25)21-11-13-5-7-20-8-6-13/h3-10,12H,11H2,1-2H3,(H,21,25)(H,22,23,24). The Morgan fingerprint density at radius 2 is 1.85 bits per heavy atom. The van der Waals surface area contributed by atoms with Gasteiger partial charge in [-0.15, -0.1) is 0 Å². The number of amides is 1. The minimum atomic E-state index is -0.296. The molecule has 8 heteroatoms. The predicted molar refractivity (Wildman–Crippen MR) is 100 cm³/mol. The van der Waals surface area contributed by atoms with Gasteiger partial charge in [0.25, 0.3) is 5.91 Å². The second-order valence-corrected chi connectivity index (χ2v) is 5.52. The molecule has 0 saturated heterocycles. The number of ether oxygens (including phenoxy) is 2. The lowest BCUT2D eigenvalue weighted by atomic mass is 10.2. The Bertz CT molecular complexity index is 918. The molecule has 0 fully saturated rings. The van der Waals surface area contributed by atoms with E-state index in [0.29, 0.717) is 29.5 Å². The van der Waals surface area contributed by atoms with Gasteiger partial charge in [0.1, 0.15) is 29.3 Å². The highest BCUT2D eigenvalue weighted by molar-refractivity contribution is 5.93. The van der Waals surface area contributed by atoms with Gasteiger partial charge in [0.05, 0.1) is 19.9 Å². The van der Waals surface area contributed by atoms with Crippen LogP contribution in [0.4, 0.5) is 11.5 Å². The monoisotopic (exact) mass is 365 g/mol. The summed E-state index contributed by atoms with van der Waals surface area (Å²) < 4.78 is 10.6. The lowest BCUT2D eigenvalue weighted by Crippen LogP contribution is -2.24. The summed E-state index contributed by atoms with van der Waals surface area (Å²) in [7, 11) is 3.16. The number of hydrogen-bond donors (Lipinski definition) is 2. The van der Waals surface area contributed by atoms with Crippen LogP contribution in [0.2, 0.25) is 0 Å². The second kappa shape index (κ2) is 8.61. The van der Waals surface area contributed by atoms with Crippen LogP contribution in [0.1, 0.15) is 16.1 Å². The molecular formula is C19H19N5O3. The van der Waals surface area contributed by atoms with Crippen molar-refractivity contribution in [3.8, 4) is 11.5 Å². The maximum absolute atomic E-state index is 12.4. The van der Waals surface area contributed by atoms with Crippen LogP contribution in [0.25, 0.3) is 0 Å². The van der Waals surface area contributed by atoms with Gasteiger partial charge >= 0.3 is 0 Å². The topological polar surface area (TPSA) is 98.3 Å². The zero-order valence-electron chi connectivity index (χ0n) is 15.0.